The molecular weight excluding hydrogens is 603 g/mol. The molecule has 0 aliphatic heterocycles. The van der Waals surface area contributed by atoms with Gasteiger partial charge in [0, 0.05) is 17.1 Å². The molecule has 7 aromatic rings. The van der Waals surface area contributed by atoms with E-state index in [2.05, 4.69) is 218 Å². The fourth-order valence-electron chi connectivity index (χ4n) is 6.51. The van der Waals surface area contributed by atoms with Crippen molar-refractivity contribution in [3.63, 3.8) is 0 Å². The normalized spacial score (nSPS) is 11.5. The van der Waals surface area contributed by atoms with Gasteiger partial charge in [-0.25, -0.2) is 0 Å². The summed E-state index contributed by atoms with van der Waals surface area (Å²) >= 11 is 0. The van der Waals surface area contributed by atoms with Gasteiger partial charge in [0.15, 0.2) is 0 Å². The van der Waals surface area contributed by atoms with Gasteiger partial charge >= 0.3 is 0 Å². The minimum absolute atomic E-state index is 0.954. The quantitative estimate of drug-likeness (QED) is 0.127. The van der Waals surface area contributed by atoms with Crippen LogP contribution >= 0.6 is 0 Å². The highest BCUT2D eigenvalue weighted by Gasteiger charge is 2.13. The molecule has 0 unspecified atom stereocenters. The number of anilines is 3. The standard InChI is InChI=1S/C49H41N/c1-2-15-39(43-22-13-24-45(36-43)46-25-14-23-44(37-46)41-19-8-4-9-20-41)21-12-16-38-28-32-48(33-29-38)50(47-26-10-5-11-27-47)49-34-30-42(31-35-49)40-17-6-3-7-18-40/h2-11,13-15,17-37H,12,16H2,1H3/b15-2-,39-21+. The summed E-state index contributed by atoms with van der Waals surface area (Å²) in [6, 6.07) is 67.3. The molecule has 1 nitrogen and oxygen atoms in total. The zero-order valence-corrected chi connectivity index (χ0v) is 28.5. The smallest absolute Gasteiger partial charge is 0.0462 e. The minimum Gasteiger partial charge on any atom is -0.311 e. The summed E-state index contributed by atoms with van der Waals surface area (Å²) in [6.45, 7) is 2.09. The largest absolute Gasteiger partial charge is 0.311 e. The van der Waals surface area contributed by atoms with Crippen LogP contribution in [0.25, 0.3) is 39.0 Å². The third-order valence-electron chi connectivity index (χ3n) is 9.08. The second-order valence-electron chi connectivity index (χ2n) is 12.5. The Morgan fingerprint density at radius 1 is 0.440 bits per heavy atom. The van der Waals surface area contributed by atoms with Gasteiger partial charge in [-0.3, -0.25) is 0 Å². The lowest BCUT2D eigenvalue weighted by atomic mass is 9.95. The lowest BCUT2D eigenvalue weighted by Gasteiger charge is -2.26. The lowest BCUT2D eigenvalue weighted by molar-refractivity contribution is 1.00. The molecule has 0 N–H and O–H groups in total. The molecule has 242 valence electrons. The van der Waals surface area contributed by atoms with Crippen molar-refractivity contribution in [2.75, 3.05) is 4.90 Å². The summed E-state index contributed by atoms with van der Waals surface area (Å²) < 4.78 is 0. The molecule has 7 aromatic carbocycles. The second-order valence-corrected chi connectivity index (χ2v) is 12.5. The zero-order valence-electron chi connectivity index (χ0n) is 28.5. The highest BCUT2D eigenvalue weighted by molar-refractivity contribution is 5.80. The Kier molecular flexibility index (Phi) is 10.2. The van der Waals surface area contributed by atoms with Gasteiger partial charge in [0.1, 0.15) is 0 Å². The Labute approximate surface area is 297 Å². The molecule has 0 heterocycles. The first-order valence-electron chi connectivity index (χ1n) is 17.4. The van der Waals surface area contributed by atoms with Gasteiger partial charge in [-0.05, 0) is 118 Å². The average Bonchev–Trinajstić information content (AvgIpc) is 3.20. The Morgan fingerprint density at radius 2 is 0.900 bits per heavy atom. The molecule has 1 heteroatoms. The van der Waals surface area contributed by atoms with E-state index in [0.717, 1.165) is 29.9 Å². The van der Waals surface area contributed by atoms with E-state index in [1.54, 1.807) is 0 Å². The van der Waals surface area contributed by atoms with Crippen LogP contribution in [-0.4, -0.2) is 0 Å². The van der Waals surface area contributed by atoms with E-state index in [9.17, 15) is 0 Å². The van der Waals surface area contributed by atoms with Crippen molar-refractivity contribution in [2.24, 2.45) is 0 Å². The van der Waals surface area contributed by atoms with E-state index in [0.29, 0.717) is 0 Å². The molecule has 0 fully saturated rings. The van der Waals surface area contributed by atoms with Crippen molar-refractivity contribution in [1.29, 1.82) is 0 Å². The summed E-state index contributed by atoms with van der Waals surface area (Å²) in [5.41, 5.74) is 14.6. The number of para-hydroxylation sites is 1. The number of nitrogens with zero attached hydrogens (tertiary/aromatic N) is 1. The molecule has 0 spiro atoms. The van der Waals surface area contributed by atoms with Crippen LogP contribution in [0.3, 0.4) is 0 Å². The van der Waals surface area contributed by atoms with Crippen molar-refractivity contribution in [1.82, 2.24) is 0 Å². The van der Waals surface area contributed by atoms with E-state index < -0.39 is 0 Å². The monoisotopic (exact) mass is 643 g/mol. The van der Waals surface area contributed by atoms with Crippen LogP contribution in [0.1, 0.15) is 24.5 Å². The summed E-state index contributed by atoms with van der Waals surface area (Å²) in [5.74, 6) is 0. The highest BCUT2D eigenvalue weighted by Crippen LogP contribution is 2.36. The summed E-state index contributed by atoms with van der Waals surface area (Å²) in [5, 5.41) is 0. The van der Waals surface area contributed by atoms with Crippen LogP contribution in [-0.2, 0) is 6.42 Å². The first kappa shape index (κ1) is 32.4. The van der Waals surface area contributed by atoms with Gasteiger partial charge in [-0.1, -0.05) is 158 Å². The molecule has 0 amide bonds. The predicted molar refractivity (Wildman–Crippen MR) is 215 cm³/mol. The third-order valence-corrected chi connectivity index (χ3v) is 9.08. The molecule has 0 bridgehead atoms. The van der Waals surface area contributed by atoms with Crippen LogP contribution in [0.2, 0.25) is 0 Å². The zero-order chi connectivity index (χ0) is 34.0. The minimum atomic E-state index is 0.954. The maximum Gasteiger partial charge on any atom is 0.0462 e. The van der Waals surface area contributed by atoms with Crippen molar-refractivity contribution >= 4 is 22.6 Å². The fraction of sp³-hybridized carbons (Fsp3) is 0.0612. The number of allylic oxidation sites excluding steroid dienone is 4. The lowest BCUT2D eigenvalue weighted by Crippen LogP contribution is -2.09. The van der Waals surface area contributed by atoms with E-state index in [-0.39, 0.29) is 0 Å². The molecule has 0 radical (unpaired) electrons. The first-order chi connectivity index (χ1) is 24.7. The Bertz CT molecular complexity index is 2180. The van der Waals surface area contributed by atoms with Gasteiger partial charge in [-0.15, -0.1) is 0 Å². The highest BCUT2D eigenvalue weighted by atomic mass is 15.1. The number of hydrogen-bond acceptors (Lipinski definition) is 1. The maximum atomic E-state index is 2.37. The molecule has 0 saturated carbocycles. The molecule has 0 aromatic heterocycles. The van der Waals surface area contributed by atoms with E-state index in [1.165, 1.54) is 50.1 Å². The number of benzene rings is 7. The molecule has 0 aliphatic rings. The van der Waals surface area contributed by atoms with Crippen molar-refractivity contribution in [3.05, 3.63) is 217 Å². The average molecular weight is 644 g/mol. The molecule has 0 saturated heterocycles. The Hall–Kier alpha value is -6.18. The Morgan fingerprint density at radius 3 is 1.52 bits per heavy atom. The topological polar surface area (TPSA) is 3.24 Å². The first-order valence-corrected chi connectivity index (χ1v) is 17.4. The van der Waals surface area contributed by atoms with Gasteiger partial charge in [-0.2, -0.15) is 0 Å². The predicted octanol–water partition coefficient (Wildman–Crippen LogP) is 13.7. The van der Waals surface area contributed by atoms with E-state index in [1.807, 2.05) is 0 Å². The summed E-state index contributed by atoms with van der Waals surface area (Å²) in [7, 11) is 0. The molecule has 0 atom stereocenters. The van der Waals surface area contributed by atoms with Crippen LogP contribution in [0.4, 0.5) is 17.1 Å². The van der Waals surface area contributed by atoms with Gasteiger partial charge in [0.2, 0.25) is 0 Å². The van der Waals surface area contributed by atoms with Crippen molar-refractivity contribution < 1.29 is 0 Å². The van der Waals surface area contributed by atoms with Crippen molar-refractivity contribution in [2.45, 2.75) is 19.8 Å². The molecular formula is C49H41N. The van der Waals surface area contributed by atoms with Crippen LogP contribution in [0.5, 0.6) is 0 Å². The third kappa shape index (κ3) is 7.75. The van der Waals surface area contributed by atoms with Gasteiger partial charge < -0.3 is 4.90 Å². The SMILES string of the molecule is C/C=C\C(=C/CCc1ccc(N(c2ccccc2)c2ccc(-c3ccccc3)cc2)cc1)c1cccc(-c2cccc(-c3ccccc3)c2)c1. The number of rotatable bonds is 11. The Balaban J connectivity index is 1.08. The fourth-order valence-corrected chi connectivity index (χ4v) is 6.51. The van der Waals surface area contributed by atoms with Crippen LogP contribution < -0.4 is 4.90 Å². The summed E-state index contributed by atoms with van der Waals surface area (Å²) in [4.78, 5) is 2.32. The van der Waals surface area contributed by atoms with E-state index in [4.69, 9.17) is 0 Å². The molecule has 7 rings (SSSR count). The van der Waals surface area contributed by atoms with E-state index >= 15 is 0 Å². The summed E-state index contributed by atoms with van der Waals surface area (Å²) in [6.07, 6.45) is 8.66. The number of aryl methyl sites for hydroxylation is 1. The van der Waals surface area contributed by atoms with Crippen LogP contribution in [0, 0.1) is 0 Å². The number of hydrogen-bond donors (Lipinski definition) is 0. The van der Waals surface area contributed by atoms with Gasteiger partial charge in [0.05, 0.1) is 0 Å². The van der Waals surface area contributed by atoms with Crippen LogP contribution in [0.15, 0.2) is 206 Å². The van der Waals surface area contributed by atoms with Crippen molar-refractivity contribution in [3.8, 4) is 33.4 Å². The second kappa shape index (κ2) is 15.8. The molecule has 50 heavy (non-hydrogen) atoms. The van der Waals surface area contributed by atoms with Gasteiger partial charge in [0.25, 0.3) is 0 Å². The maximum absolute atomic E-state index is 2.37. The molecule has 0 aliphatic carbocycles.